The fourth-order valence-electron chi connectivity index (χ4n) is 1.82. The zero-order valence-electron chi connectivity index (χ0n) is 10.6. The predicted molar refractivity (Wildman–Crippen MR) is 73.2 cm³/mol. The molecule has 3 nitrogen and oxygen atoms in total. The molecule has 0 atom stereocenters. The summed E-state index contributed by atoms with van der Waals surface area (Å²) in [4.78, 5) is 11.9. The van der Waals surface area contributed by atoms with Crippen LogP contribution in [0.25, 0.3) is 0 Å². The maximum absolute atomic E-state index is 13.5. The summed E-state index contributed by atoms with van der Waals surface area (Å²) in [5.41, 5.74) is 7.96. The number of amides is 1. The van der Waals surface area contributed by atoms with Crippen molar-refractivity contribution in [2.75, 3.05) is 5.73 Å². The van der Waals surface area contributed by atoms with Crippen molar-refractivity contribution in [3.63, 3.8) is 0 Å². The standard InChI is InChI=1S/C15H15FN2O/c1-10-3-2-4-11(7-10)9-18-15(19)13-8-12(17)5-6-14(13)16/h2-8H,9,17H2,1H3,(H,18,19). The molecule has 1 amide bonds. The SMILES string of the molecule is Cc1cccc(CNC(=O)c2cc(N)ccc2F)c1. The summed E-state index contributed by atoms with van der Waals surface area (Å²) in [5, 5.41) is 2.68. The van der Waals surface area contributed by atoms with Crippen molar-refractivity contribution in [3.05, 3.63) is 65.0 Å². The first-order valence-corrected chi connectivity index (χ1v) is 5.95. The molecule has 3 N–H and O–H groups in total. The van der Waals surface area contributed by atoms with E-state index in [1.54, 1.807) is 0 Å². The molecule has 0 bridgehead atoms. The molecule has 0 aliphatic heterocycles. The van der Waals surface area contributed by atoms with Crippen LogP contribution in [0.1, 0.15) is 21.5 Å². The molecule has 2 aromatic rings. The molecule has 0 aliphatic carbocycles. The molecule has 0 aromatic heterocycles. The largest absolute Gasteiger partial charge is 0.399 e. The van der Waals surface area contributed by atoms with Gasteiger partial charge in [-0.05, 0) is 30.7 Å². The van der Waals surface area contributed by atoms with Crippen molar-refractivity contribution in [1.82, 2.24) is 5.32 Å². The van der Waals surface area contributed by atoms with Crippen molar-refractivity contribution >= 4 is 11.6 Å². The Labute approximate surface area is 111 Å². The third kappa shape index (κ3) is 3.31. The number of anilines is 1. The summed E-state index contributed by atoms with van der Waals surface area (Å²) in [6.07, 6.45) is 0. The summed E-state index contributed by atoms with van der Waals surface area (Å²) in [6.45, 7) is 2.33. The van der Waals surface area contributed by atoms with E-state index in [9.17, 15) is 9.18 Å². The molecule has 2 aromatic carbocycles. The molecule has 0 radical (unpaired) electrons. The molecule has 0 saturated heterocycles. The van der Waals surface area contributed by atoms with Crippen LogP contribution in [0, 0.1) is 12.7 Å². The van der Waals surface area contributed by atoms with E-state index in [1.807, 2.05) is 31.2 Å². The van der Waals surface area contributed by atoms with Crippen LogP contribution in [0.5, 0.6) is 0 Å². The lowest BCUT2D eigenvalue weighted by molar-refractivity contribution is 0.0947. The summed E-state index contributed by atoms with van der Waals surface area (Å²) in [6, 6.07) is 11.7. The van der Waals surface area contributed by atoms with E-state index in [0.717, 1.165) is 11.1 Å². The third-order valence-electron chi connectivity index (χ3n) is 2.77. The first-order chi connectivity index (χ1) is 9.06. The lowest BCUT2D eigenvalue weighted by Crippen LogP contribution is -2.24. The second-order valence-electron chi connectivity index (χ2n) is 4.41. The van der Waals surface area contributed by atoms with E-state index >= 15 is 0 Å². The highest BCUT2D eigenvalue weighted by molar-refractivity contribution is 5.95. The number of nitrogens with one attached hydrogen (secondary N) is 1. The topological polar surface area (TPSA) is 55.1 Å². The molecule has 19 heavy (non-hydrogen) atoms. The fourth-order valence-corrected chi connectivity index (χ4v) is 1.82. The zero-order valence-corrected chi connectivity index (χ0v) is 10.6. The molecule has 0 spiro atoms. The van der Waals surface area contributed by atoms with Gasteiger partial charge in [0.2, 0.25) is 0 Å². The number of nitrogens with two attached hydrogens (primary N) is 1. The van der Waals surface area contributed by atoms with Gasteiger partial charge in [-0.25, -0.2) is 4.39 Å². The molecule has 0 saturated carbocycles. The molecule has 0 fully saturated rings. The van der Waals surface area contributed by atoms with Gasteiger partial charge >= 0.3 is 0 Å². The Kier molecular flexibility index (Phi) is 3.80. The maximum Gasteiger partial charge on any atom is 0.254 e. The Morgan fingerprint density at radius 2 is 2.05 bits per heavy atom. The highest BCUT2D eigenvalue weighted by Crippen LogP contribution is 2.12. The molecule has 98 valence electrons. The van der Waals surface area contributed by atoms with Crippen molar-refractivity contribution in [2.24, 2.45) is 0 Å². The second-order valence-corrected chi connectivity index (χ2v) is 4.41. The van der Waals surface area contributed by atoms with Gasteiger partial charge in [-0.1, -0.05) is 29.8 Å². The first-order valence-electron chi connectivity index (χ1n) is 5.95. The predicted octanol–water partition coefficient (Wildman–Crippen LogP) is 2.65. The average molecular weight is 258 g/mol. The molecule has 0 aliphatic rings. The molecule has 0 unspecified atom stereocenters. The van der Waals surface area contributed by atoms with Gasteiger partial charge in [-0.2, -0.15) is 0 Å². The van der Waals surface area contributed by atoms with Gasteiger partial charge in [-0.3, -0.25) is 4.79 Å². The number of aryl methyl sites for hydroxylation is 1. The van der Waals surface area contributed by atoms with Crippen LogP contribution in [0.2, 0.25) is 0 Å². The van der Waals surface area contributed by atoms with Gasteiger partial charge in [-0.15, -0.1) is 0 Å². The summed E-state index contributed by atoms with van der Waals surface area (Å²) >= 11 is 0. The highest BCUT2D eigenvalue weighted by atomic mass is 19.1. The van der Waals surface area contributed by atoms with E-state index in [2.05, 4.69) is 5.32 Å². The van der Waals surface area contributed by atoms with E-state index in [4.69, 9.17) is 5.73 Å². The van der Waals surface area contributed by atoms with Crippen LogP contribution in [0.4, 0.5) is 10.1 Å². The number of hydrogen-bond acceptors (Lipinski definition) is 2. The minimum Gasteiger partial charge on any atom is -0.399 e. The van der Waals surface area contributed by atoms with Crippen LogP contribution in [-0.2, 0) is 6.54 Å². The lowest BCUT2D eigenvalue weighted by Gasteiger charge is -2.07. The quantitative estimate of drug-likeness (QED) is 0.831. The summed E-state index contributed by atoms with van der Waals surface area (Å²) in [7, 11) is 0. The van der Waals surface area contributed by atoms with Gasteiger partial charge in [0.1, 0.15) is 5.82 Å². The Bertz CT molecular complexity index is 611. The van der Waals surface area contributed by atoms with Crippen molar-refractivity contribution < 1.29 is 9.18 Å². The number of rotatable bonds is 3. The maximum atomic E-state index is 13.5. The minimum atomic E-state index is -0.573. The first kappa shape index (κ1) is 13.1. The van der Waals surface area contributed by atoms with Crippen molar-refractivity contribution in [2.45, 2.75) is 13.5 Å². The van der Waals surface area contributed by atoms with Crippen LogP contribution < -0.4 is 11.1 Å². The number of carbonyl (C=O) groups is 1. The Morgan fingerprint density at radius 3 is 2.79 bits per heavy atom. The number of benzene rings is 2. The van der Waals surface area contributed by atoms with E-state index in [0.29, 0.717) is 12.2 Å². The molecule has 2 rings (SSSR count). The van der Waals surface area contributed by atoms with Crippen molar-refractivity contribution in [1.29, 1.82) is 0 Å². The Balaban J connectivity index is 2.07. The summed E-state index contributed by atoms with van der Waals surface area (Å²) < 4.78 is 13.5. The highest BCUT2D eigenvalue weighted by Gasteiger charge is 2.11. The van der Waals surface area contributed by atoms with Crippen LogP contribution in [-0.4, -0.2) is 5.91 Å². The average Bonchev–Trinajstić information content (AvgIpc) is 2.39. The number of nitrogen functional groups attached to an aromatic ring is 1. The third-order valence-corrected chi connectivity index (χ3v) is 2.77. The lowest BCUT2D eigenvalue weighted by atomic mass is 10.1. The van der Waals surface area contributed by atoms with Gasteiger partial charge in [0.05, 0.1) is 5.56 Å². The second kappa shape index (κ2) is 5.52. The number of hydrogen-bond donors (Lipinski definition) is 2. The molecule has 4 heteroatoms. The normalized spacial score (nSPS) is 10.2. The molecular formula is C15H15FN2O. The van der Waals surface area contributed by atoms with Crippen LogP contribution in [0.15, 0.2) is 42.5 Å². The van der Waals surface area contributed by atoms with Gasteiger partial charge in [0.15, 0.2) is 0 Å². The van der Waals surface area contributed by atoms with Gasteiger partial charge in [0, 0.05) is 12.2 Å². The van der Waals surface area contributed by atoms with Gasteiger partial charge < -0.3 is 11.1 Å². The molecular weight excluding hydrogens is 243 g/mol. The van der Waals surface area contributed by atoms with E-state index in [-0.39, 0.29) is 5.56 Å². The monoisotopic (exact) mass is 258 g/mol. The summed E-state index contributed by atoms with van der Waals surface area (Å²) in [5.74, 6) is -1.04. The van der Waals surface area contributed by atoms with Crippen LogP contribution >= 0.6 is 0 Å². The Morgan fingerprint density at radius 1 is 1.26 bits per heavy atom. The zero-order chi connectivity index (χ0) is 13.8. The minimum absolute atomic E-state index is 0.0346. The number of halogens is 1. The number of carbonyl (C=O) groups excluding carboxylic acids is 1. The van der Waals surface area contributed by atoms with Gasteiger partial charge in [0.25, 0.3) is 5.91 Å². The van der Waals surface area contributed by atoms with E-state index in [1.165, 1.54) is 18.2 Å². The molecule has 0 heterocycles. The fraction of sp³-hybridized carbons (Fsp3) is 0.133. The van der Waals surface area contributed by atoms with Crippen molar-refractivity contribution in [3.8, 4) is 0 Å². The smallest absolute Gasteiger partial charge is 0.254 e. The van der Waals surface area contributed by atoms with E-state index < -0.39 is 11.7 Å². The Hall–Kier alpha value is -2.36. The van der Waals surface area contributed by atoms with Crippen LogP contribution in [0.3, 0.4) is 0 Å².